The van der Waals surface area contributed by atoms with Crippen LogP contribution in [0.3, 0.4) is 0 Å². The number of guanidine groups is 1. The molecule has 0 atom stereocenters. The second kappa shape index (κ2) is 11.1. The fraction of sp³-hybridized carbons (Fsp3) is 0.529. The number of hydrogen-bond donors (Lipinski definition) is 3. The largest absolute Gasteiger partial charge is 0.497 e. The lowest BCUT2D eigenvalue weighted by Gasteiger charge is -2.21. The summed E-state index contributed by atoms with van der Waals surface area (Å²) in [4.78, 5) is 16.3. The van der Waals surface area contributed by atoms with Gasteiger partial charge >= 0.3 is 0 Å². The topological polar surface area (TPSA) is 74.8 Å². The fourth-order valence-corrected chi connectivity index (χ4v) is 1.91. The maximum Gasteiger partial charge on any atom is 0.239 e. The molecule has 24 heavy (non-hydrogen) atoms. The molecule has 0 aromatic heterocycles. The Morgan fingerprint density at radius 2 is 1.96 bits per heavy atom. The van der Waals surface area contributed by atoms with E-state index in [4.69, 9.17) is 4.74 Å². The highest BCUT2D eigenvalue weighted by atomic mass is 127. The smallest absolute Gasteiger partial charge is 0.239 e. The molecular formula is C17H29IN4O2. The van der Waals surface area contributed by atoms with Gasteiger partial charge in [0.2, 0.25) is 5.91 Å². The summed E-state index contributed by atoms with van der Waals surface area (Å²) in [5.74, 6) is 1.35. The van der Waals surface area contributed by atoms with E-state index in [1.807, 2.05) is 52.0 Å². The molecule has 0 aliphatic carbocycles. The molecule has 3 N–H and O–H groups in total. The van der Waals surface area contributed by atoms with Crippen LogP contribution in [0.1, 0.15) is 33.3 Å². The molecule has 136 valence electrons. The number of amides is 1. The Morgan fingerprint density at radius 3 is 2.54 bits per heavy atom. The number of rotatable bonds is 6. The lowest BCUT2D eigenvalue weighted by molar-refractivity contribution is -0.121. The Labute approximate surface area is 161 Å². The van der Waals surface area contributed by atoms with Crippen LogP contribution in [0.4, 0.5) is 0 Å². The summed E-state index contributed by atoms with van der Waals surface area (Å²) in [7, 11) is 1.64. The van der Waals surface area contributed by atoms with Crippen LogP contribution >= 0.6 is 24.0 Å². The van der Waals surface area contributed by atoms with E-state index in [9.17, 15) is 4.79 Å². The molecule has 0 radical (unpaired) electrons. The average Bonchev–Trinajstić information content (AvgIpc) is 2.48. The van der Waals surface area contributed by atoms with Crippen LogP contribution in [0.2, 0.25) is 0 Å². The van der Waals surface area contributed by atoms with Crippen molar-refractivity contribution in [1.29, 1.82) is 0 Å². The highest BCUT2D eigenvalue weighted by Gasteiger charge is 2.13. The first-order valence-electron chi connectivity index (χ1n) is 7.80. The summed E-state index contributed by atoms with van der Waals surface area (Å²) in [5.41, 5.74) is 0.801. The Balaban J connectivity index is 0.00000529. The first kappa shape index (κ1) is 22.5. The molecule has 0 aliphatic rings. The van der Waals surface area contributed by atoms with Gasteiger partial charge in [0.1, 0.15) is 5.75 Å². The van der Waals surface area contributed by atoms with Crippen molar-refractivity contribution in [3.63, 3.8) is 0 Å². The molecule has 1 aromatic rings. The van der Waals surface area contributed by atoms with E-state index in [1.165, 1.54) is 0 Å². The molecule has 0 bridgehead atoms. The minimum absolute atomic E-state index is 0. The predicted octanol–water partition coefficient (Wildman–Crippen LogP) is 2.28. The number of nitrogens with one attached hydrogen (secondary N) is 3. The zero-order chi connectivity index (χ0) is 17.3. The highest BCUT2D eigenvalue weighted by molar-refractivity contribution is 14.0. The summed E-state index contributed by atoms with van der Waals surface area (Å²) in [6.07, 6.45) is 0. The van der Waals surface area contributed by atoms with Crippen molar-refractivity contribution >= 4 is 35.8 Å². The van der Waals surface area contributed by atoms with E-state index >= 15 is 0 Å². The third-order valence-electron chi connectivity index (χ3n) is 2.83. The fourth-order valence-electron chi connectivity index (χ4n) is 1.91. The second-order valence-electron chi connectivity index (χ2n) is 6.20. The summed E-state index contributed by atoms with van der Waals surface area (Å²) in [5, 5.41) is 9.07. The Morgan fingerprint density at radius 1 is 1.25 bits per heavy atom. The SMILES string of the molecule is CCNC(=NCc1cccc(OC)c1)NCC(=O)NC(C)(C)C.I. The number of halogens is 1. The van der Waals surface area contributed by atoms with Crippen molar-refractivity contribution in [3.05, 3.63) is 29.8 Å². The minimum Gasteiger partial charge on any atom is -0.497 e. The standard InChI is InChI=1S/C17H28N4O2.HI/c1-6-18-16(20-12-15(22)21-17(2,3)4)19-11-13-8-7-9-14(10-13)23-5;/h7-10H,6,11-12H2,1-5H3,(H,21,22)(H2,18,19,20);1H. The van der Waals surface area contributed by atoms with Crippen molar-refractivity contribution < 1.29 is 9.53 Å². The third-order valence-corrected chi connectivity index (χ3v) is 2.83. The van der Waals surface area contributed by atoms with E-state index in [0.717, 1.165) is 17.9 Å². The van der Waals surface area contributed by atoms with E-state index in [1.54, 1.807) is 7.11 Å². The van der Waals surface area contributed by atoms with Gasteiger partial charge in [-0.05, 0) is 45.4 Å². The van der Waals surface area contributed by atoms with Crippen LogP contribution in [-0.4, -0.2) is 37.6 Å². The molecule has 1 amide bonds. The van der Waals surface area contributed by atoms with Gasteiger partial charge in [-0.1, -0.05) is 12.1 Å². The molecule has 0 unspecified atom stereocenters. The molecule has 0 spiro atoms. The first-order valence-corrected chi connectivity index (χ1v) is 7.80. The number of carbonyl (C=O) groups is 1. The van der Waals surface area contributed by atoms with Crippen LogP contribution < -0.4 is 20.7 Å². The van der Waals surface area contributed by atoms with Crippen molar-refractivity contribution in [3.8, 4) is 5.75 Å². The maximum atomic E-state index is 11.9. The van der Waals surface area contributed by atoms with Crippen molar-refractivity contribution in [2.24, 2.45) is 4.99 Å². The number of benzene rings is 1. The van der Waals surface area contributed by atoms with Crippen molar-refractivity contribution in [2.75, 3.05) is 20.2 Å². The summed E-state index contributed by atoms with van der Waals surface area (Å²) in [6, 6.07) is 7.76. The lowest BCUT2D eigenvalue weighted by Crippen LogP contribution is -2.48. The average molecular weight is 448 g/mol. The molecule has 7 heteroatoms. The molecular weight excluding hydrogens is 419 g/mol. The van der Waals surface area contributed by atoms with Crippen LogP contribution in [0.25, 0.3) is 0 Å². The van der Waals surface area contributed by atoms with E-state index in [2.05, 4.69) is 20.9 Å². The monoisotopic (exact) mass is 448 g/mol. The van der Waals surface area contributed by atoms with Gasteiger partial charge < -0.3 is 20.7 Å². The lowest BCUT2D eigenvalue weighted by atomic mass is 10.1. The van der Waals surface area contributed by atoms with Crippen LogP contribution in [0.5, 0.6) is 5.75 Å². The maximum absolute atomic E-state index is 11.9. The number of nitrogens with zero attached hydrogens (tertiary/aromatic N) is 1. The molecule has 0 fully saturated rings. The normalized spacial score (nSPS) is 11.3. The van der Waals surface area contributed by atoms with Gasteiger partial charge in [-0.15, -0.1) is 24.0 Å². The molecule has 0 saturated carbocycles. The molecule has 0 aliphatic heterocycles. The Hall–Kier alpha value is -1.51. The second-order valence-corrected chi connectivity index (χ2v) is 6.20. The molecule has 1 rings (SSSR count). The van der Waals surface area contributed by atoms with Gasteiger partial charge in [-0.25, -0.2) is 4.99 Å². The first-order chi connectivity index (χ1) is 10.8. The summed E-state index contributed by atoms with van der Waals surface area (Å²) in [6.45, 7) is 9.25. The number of methoxy groups -OCH3 is 1. The quantitative estimate of drug-likeness (QED) is 0.355. The molecule has 0 heterocycles. The number of hydrogen-bond acceptors (Lipinski definition) is 3. The van der Waals surface area contributed by atoms with Crippen molar-refractivity contribution in [2.45, 2.75) is 39.8 Å². The molecule has 6 nitrogen and oxygen atoms in total. The number of carbonyl (C=O) groups excluding carboxylic acids is 1. The molecule has 1 aromatic carbocycles. The zero-order valence-corrected chi connectivity index (χ0v) is 17.4. The number of ether oxygens (including phenoxy) is 1. The Kier molecular flexibility index (Phi) is 10.4. The van der Waals surface area contributed by atoms with Crippen LogP contribution in [-0.2, 0) is 11.3 Å². The van der Waals surface area contributed by atoms with Gasteiger partial charge in [-0.3, -0.25) is 4.79 Å². The van der Waals surface area contributed by atoms with Gasteiger partial charge in [0.05, 0.1) is 20.2 Å². The van der Waals surface area contributed by atoms with Crippen molar-refractivity contribution in [1.82, 2.24) is 16.0 Å². The van der Waals surface area contributed by atoms with Crippen LogP contribution in [0, 0.1) is 0 Å². The van der Waals surface area contributed by atoms with E-state index in [-0.39, 0.29) is 42.0 Å². The van der Waals surface area contributed by atoms with Gasteiger partial charge in [0.15, 0.2) is 5.96 Å². The van der Waals surface area contributed by atoms with E-state index < -0.39 is 0 Å². The van der Waals surface area contributed by atoms with Gasteiger partial charge in [0, 0.05) is 12.1 Å². The van der Waals surface area contributed by atoms with Gasteiger partial charge in [-0.2, -0.15) is 0 Å². The summed E-state index contributed by atoms with van der Waals surface area (Å²) >= 11 is 0. The zero-order valence-electron chi connectivity index (χ0n) is 15.1. The molecule has 0 saturated heterocycles. The highest BCUT2D eigenvalue weighted by Crippen LogP contribution is 2.13. The minimum atomic E-state index is -0.241. The summed E-state index contributed by atoms with van der Waals surface area (Å²) < 4.78 is 5.20. The Bertz CT molecular complexity index is 542. The van der Waals surface area contributed by atoms with E-state index in [0.29, 0.717) is 12.5 Å². The van der Waals surface area contributed by atoms with Gasteiger partial charge in [0.25, 0.3) is 0 Å². The number of aliphatic imine (C=N–C) groups is 1. The van der Waals surface area contributed by atoms with Crippen LogP contribution in [0.15, 0.2) is 29.3 Å². The third kappa shape index (κ3) is 9.59. The predicted molar refractivity (Wildman–Crippen MR) is 109 cm³/mol.